The Balaban J connectivity index is 1.70. The summed E-state index contributed by atoms with van der Waals surface area (Å²) in [6.07, 6.45) is 4.94. The highest BCUT2D eigenvalue weighted by molar-refractivity contribution is 5.94. The Labute approximate surface area is 162 Å². The van der Waals surface area contributed by atoms with Crippen LogP contribution in [0.3, 0.4) is 0 Å². The summed E-state index contributed by atoms with van der Waals surface area (Å²) in [5.74, 6) is 0.941. The number of carbonyl (C=O) groups is 1. The normalized spacial score (nSPS) is 10.8. The molecule has 0 radical (unpaired) electrons. The first kappa shape index (κ1) is 17.7. The van der Waals surface area contributed by atoms with E-state index in [9.17, 15) is 4.79 Å². The first-order valence-corrected chi connectivity index (χ1v) is 8.78. The monoisotopic (exact) mass is 373 g/mol. The van der Waals surface area contributed by atoms with Crippen LogP contribution in [-0.4, -0.2) is 32.6 Å². The Morgan fingerprint density at radius 3 is 2.75 bits per heavy atom. The number of pyridine rings is 2. The lowest BCUT2D eigenvalue weighted by Crippen LogP contribution is -2.03. The molecule has 4 rings (SSSR count). The lowest BCUT2D eigenvalue weighted by Gasteiger charge is -2.13. The molecule has 28 heavy (non-hydrogen) atoms. The molecule has 0 aliphatic heterocycles. The number of hydrogen-bond donors (Lipinski definition) is 1. The number of fused-ring (bicyclic) bond motifs is 1. The predicted octanol–water partition coefficient (Wildman–Crippen LogP) is 4.08. The van der Waals surface area contributed by atoms with E-state index in [4.69, 9.17) is 4.74 Å². The molecule has 0 saturated carbocycles. The molecule has 1 aromatic carbocycles. The van der Waals surface area contributed by atoms with Gasteiger partial charge in [-0.3, -0.25) is 9.78 Å². The van der Waals surface area contributed by atoms with Crippen LogP contribution in [0.5, 0.6) is 5.88 Å². The zero-order valence-corrected chi connectivity index (χ0v) is 15.8. The van der Waals surface area contributed by atoms with E-state index in [0.29, 0.717) is 17.3 Å². The molecule has 0 bridgehead atoms. The van der Waals surface area contributed by atoms with Crippen LogP contribution in [0.15, 0.2) is 55.0 Å². The van der Waals surface area contributed by atoms with Gasteiger partial charge in [0.2, 0.25) is 5.88 Å². The number of benzene rings is 1. The van der Waals surface area contributed by atoms with Crippen LogP contribution < -0.4 is 10.1 Å². The van der Waals surface area contributed by atoms with Gasteiger partial charge in [0.15, 0.2) is 11.6 Å². The summed E-state index contributed by atoms with van der Waals surface area (Å²) < 4.78 is 7.02. The van der Waals surface area contributed by atoms with Gasteiger partial charge < -0.3 is 10.1 Å². The Kier molecular flexibility index (Phi) is 4.49. The third-order valence-electron chi connectivity index (χ3n) is 4.43. The number of hydrogen-bond acceptors (Lipinski definition) is 6. The van der Waals surface area contributed by atoms with Crippen LogP contribution in [0.4, 0.5) is 11.4 Å². The first-order valence-electron chi connectivity index (χ1n) is 8.78. The van der Waals surface area contributed by atoms with Gasteiger partial charge in [0.1, 0.15) is 5.69 Å². The summed E-state index contributed by atoms with van der Waals surface area (Å²) in [6.45, 7) is 3.54. The van der Waals surface area contributed by atoms with Gasteiger partial charge in [-0.25, -0.2) is 4.68 Å². The van der Waals surface area contributed by atoms with Crippen LogP contribution >= 0.6 is 0 Å². The van der Waals surface area contributed by atoms with Gasteiger partial charge in [-0.1, -0.05) is 12.1 Å². The predicted molar refractivity (Wildman–Crippen MR) is 108 cm³/mol. The molecule has 0 aliphatic rings. The fraction of sp³-hybridized carbons (Fsp3) is 0.143. The number of anilines is 2. The van der Waals surface area contributed by atoms with Crippen molar-refractivity contribution in [3.63, 3.8) is 0 Å². The molecule has 140 valence electrons. The topological polar surface area (TPSA) is 81.9 Å². The van der Waals surface area contributed by atoms with Crippen molar-refractivity contribution in [2.24, 2.45) is 0 Å². The molecular formula is C21H19N5O2. The van der Waals surface area contributed by atoms with Gasteiger partial charge in [-0.05, 0) is 43.7 Å². The average molecular weight is 373 g/mol. The molecular weight excluding hydrogens is 354 g/mol. The van der Waals surface area contributed by atoms with E-state index in [1.54, 1.807) is 24.2 Å². The molecule has 0 saturated heterocycles. The minimum Gasteiger partial charge on any atom is -0.479 e. The fourth-order valence-electron chi connectivity index (χ4n) is 2.95. The molecule has 0 fully saturated rings. The van der Waals surface area contributed by atoms with E-state index < -0.39 is 0 Å². The molecule has 4 aromatic rings. The third kappa shape index (κ3) is 3.29. The molecule has 0 spiro atoms. The van der Waals surface area contributed by atoms with Gasteiger partial charge in [-0.15, -0.1) is 0 Å². The number of aryl methyl sites for hydroxylation is 1. The fourth-order valence-corrected chi connectivity index (χ4v) is 2.95. The second-order valence-corrected chi connectivity index (χ2v) is 6.46. The number of nitrogens with zero attached hydrogens (tertiary/aromatic N) is 4. The lowest BCUT2D eigenvalue weighted by atomic mass is 10.1. The van der Waals surface area contributed by atoms with E-state index in [1.807, 2.05) is 37.3 Å². The smallest absolute Gasteiger partial charge is 0.239 e. The minimum absolute atomic E-state index is 0.0451. The summed E-state index contributed by atoms with van der Waals surface area (Å²) >= 11 is 0. The van der Waals surface area contributed by atoms with E-state index in [2.05, 4.69) is 26.4 Å². The molecule has 0 unspecified atom stereocenters. The van der Waals surface area contributed by atoms with Crippen LogP contribution in [0, 0.1) is 6.92 Å². The van der Waals surface area contributed by atoms with Crippen molar-refractivity contribution in [2.75, 3.05) is 12.4 Å². The molecule has 3 heterocycles. The first-order chi connectivity index (χ1) is 13.5. The summed E-state index contributed by atoms with van der Waals surface area (Å²) in [6, 6.07) is 11.7. The highest BCUT2D eigenvalue weighted by atomic mass is 16.5. The number of nitrogens with one attached hydrogen (secondary N) is 1. The summed E-state index contributed by atoms with van der Waals surface area (Å²) in [4.78, 5) is 20.4. The standard InChI is InChI=1S/C21H19N5O2/c1-13-4-5-16-17(8-9-22-19(16)10-13)24-18-6-7-20(25-21(18)28-3)26-12-15(11-23-26)14(2)27/h4-12H,1-3H3,(H,22,24). The molecule has 0 atom stereocenters. The Morgan fingerprint density at radius 1 is 1.14 bits per heavy atom. The maximum Gasteiger partial charge on any atom is 0.239 e. The van der Waals surface area contributed by atoms with Crippen molar-refractivity contribution >= 4 is 28.1 Å². The summed E-state index contributed by atoms with van der Waals surface area (Å²) in [5.41, 5.74) is 4.24. The van der Waals surface area contributed by atoms with E-state index >= 15 is 0 Å². The molecule has 1 N–H and O–H groups in total. The molecule has 7 heteroatoms. The Hall–Kier alpha value is -3.74. The van der Waals surface area contributed by atoms with Crippen molar-refractivity contribution in [3.8, 4) is 11.7 Å². The summed E-state index contributed by atoms with van der Waals surface area (Å²) in [7, 11) is 1.56. The van der Waals surface area contributed by atoms with Gasteiger partial charge >= 0.3 is 0 Å². The van der Waals surface area contributed by atoms with E-state index in [1.165, 1.54) is 13.1 Å². The molecule has 0 amide bonds. The highest BCUT2D eigenvalue weighted by Crippen LogP contribution is 2.30. The largest absolute Gasteiger partial charge is 0.479 e. The quantitative estimate of drug-likeness (QED) is 0.531. The Morgan fingerprint density at radius 2 is 2.00 bits per heavy atom. The van der Waals surface area contributed by atoms with Crippen molar-refractivity contribution in [3.05, 3.63) is 66.1 Å². The van der Waals surface area contributed by atoms with Crippen molar-refractivity contribution in [1.29, 1.82) is 0 Å². The number of carbonyl (C=O) groups excluding carboxylic acids is 1. The maximum absolute atomic E-state index is 11.5. The number of ketones is 1. The zero-order valence-electron chi connectivity index (χ0n) is 15.8. The second-order valence-electron chi connectivity index (χ2n) is 6.46. The van der Waals surface area contributed by atoms with Crippen molar-refractivity contribution in [2.45, 2.75) is 13.8 Å². The number of aromatic nitrogens is 4. The number of ether oxygens (including phenoxy) is 1. The highest BCUT2D eigenvalue weighted by Gasteiger charge is 2.12. The van der Waals surface area contributed by atoms with Gasteiger partial charge in [0.25, 0.3) is 0 Å². The Bertz CT molecular complexity index is 1180. The lowest BCUT2D eigenvalue weighted by molar-refractivity contribution is 0.101. The van der Waals surface area contributed by atoms with Crippen LogP contribution in [0.25, 0.3) is 16.7 Å². The van der Waals surface area contributed by atoms with Crippen LogP contribution in [0.2, 0.25) is 0 Å². The van der Waals surface area contributed by atoms with Crippen LogP contribution in [0.1, 0.15) is 22.8 Å². The summed E-state index contributed by atoms with van der Waals surface area (Å²) in [5, 5.41) is 8.58. The minimum atomic E-state index is -0.0451. The van der Waals surface area contributed by atoms with Crippen molar-refractivity contribution in [1.82, 2.24) is 19.7 Å². The maximum atomic E-state index is 11.5. The van der Waals surface area contributed by atoms with Gasteiger partial charge in [0.05, 0.1) is 24.4 Å². The molecule has 0 aliphatic carbocycles. The molecule has 3 aromatic heterocycles. The van der Waals surface area contributed by atoms with Gasteiger partial charge in [0, 0.05) is 23.5 Å². The van der Waals surface area contributed by atoms with E-state index in [0.717, 1.165) is 27.8 Å². The van der Waals surface area contributed by atoms with Crippen LogP contribution in [-0.2, 0) is 0 Å². The van der Waals surface area contributed by atoms with Crippen molar-refractivity contribution < 1.29 is 9.53 Å². The van der Waals surface area contributed by atoms with Gasteiger partial charge in [-0.2, -0.15) is 10.1 Å². The second kappa shape index (κ2) is 7.11. The number of Topliss-reactive ketones (excluding diaryl/α,β-unsaturated/α-hetero) is 1. The zero-order chi connectivity index (χ0) is 19.7. The third-order valence-corrected chi connectivity index (χ3v) is 4.43. The number of rotatable bonds is 5. The molecule has 7 nitrogen and oxygen atoms in total. The van der Waals surface area contributed by atoms with E-state index in [-0.39, 0.29) is 5.78 Å². The number of methoxy groups -OCH3 is 1. The average Bonchev–Trinajstić information content (AvgIpc) is 3.19. The SMILES string of the molecule is COc1nc(-n2cc(C(C)=O)cn2)ccc1Nc1ccnc2cc(C)ccc12.